The molecule has 0 bridgehead atoms. The van der Waals surface area contributed by atoms with Crippen molar-refractivity contribution in [3.63, 3.8) is 0 Å². The molecule has 0 atom stereocenters. The second kappa shape index (κ2) is 6.03. The molecule has 0 N–H and O–H groups in total. The van der Waals surface area contributed by atoms with Gasteiger partial charge in [0, 0.05) is 15.9 Å². The zero-order valence-electron chi connectivity index (χ0n) is 9.11. The Balaban J connectivity index is 2.85. The fourth-order valence-corrected chi connectivity index (χ4v) is 2.23. The fraction of sp³-hybridized carbons (Fsp3) is 0.250. The van der Waals surface area contributed by atoms with Crippen LogP contribution in [0.5, 0.6) is 0 Å². The van der Waals surface area contributed by atoms with Crippen LogP contribution in [-0.4, -0.2) is 18.3 Å². The molecule has 3 heteroatoms. The van der Waals surface area contributed by atoms with Crippen LogP contribution in [0, 0.1) is 6.92 Å². The third-order valence-corrected chi connectivity index (χ3v) is 4.03. The van der Waals surface area contributed by atoms with E-state index in [-0.39, 0.29) is 5.78 Å². The van der Waals surface area contributed by atoms with Gasteiger partial charge in [-0.15, -0.1) is 23.5 Å². The van der Waals surface area contributed by atoms with Gasteiger partial charge < -0.3 is 0 Å². The van der Waals surface area contributed by atoms with Gasteiger partial charge in [-0.1, -0.05) is 29.8 Å². The molecular weight excluding hydrogens is 224 g/mol. The molecule has 0 aliphatic rings. The Bertz CT molecular complexity index is 360. The van der Waals surface area contributed by atoms with Crippen LogP contribution in [0.15, 0.2) is 34.6 Å². The molecule has 1 aromatic rings. The summed E-state index contributed by atoms with van der Waals surface area (Å²) >= 11 is 3.20. The molecule has 0 unspecified atom stereocenters. The fourth-order valence-electron chi connectivity index (χ4n) is 1.11. The van der Waals surface area contributed by atoms with Gasteiger partial charge in [0.1, 0.15) is 0 Å². The summed E-state index contributed by atoms with van der Waals surface area (Å²) in [6.07, 6.45) is 5.65. The van der Waals surface area contributed by atoms with E-state index in [1.165, 1.54) is 5.56 Å². The first kappa shape index (κ1) is 12.4. The average molecular weight is 238 g/mol. The highest BCUT2D eigenvalue weighted by Gasteiger charge is 2.03. The molecule has 1 aromatic carbocycles. The molecule has 0 aromatic heterocycles. The third kappa shape index (κ3) is 3.76. The topological polar surface area (TPSA) is 17.1 Å². The van der Waals surface area contributed by atoms with Gasteiger partial charge in [0.2, 0.25) is 0 Å². The van der Waals surface area contributed by atoms with Gasteiger partial charge in [0.25, 0.3) is 0 Å². The maximum atomic E-state index is 11.8. The highest BCUT2D eigenvalue weighted by Crippen LogP contribution is 2.23. The normalized spacial score (nSPS) is 9.80. The van der Waals surface area contributed by atoms with Crippen LogP contribution < -0.4 is 0 Å². The smallest absolute Gasteiger partial charge is 0.187 e. The van der Waals surface area contributed by atoms with Crippen molar-refractivity contribution in [2.45, 2.75) is 6.92 Å². The van der Waals surface area contributed by atoms with Gasteiger partial charge in [0.15, 0.2) is 5.78 Å². The first-order valence-electron chi connectivity index (χ1n) is 4.58. The Morgan fingerprint density at radius 3 is 2.13 bits per heavy atom. The third-order valence-electron chi connectivity index (χ3n) is 1.99. The summed E-state index contributed by atoms with van der Waals surface area (Å²) in [5, 5.41) is 0. The number of ketones is 1. The maximum Gasteiger partial charge on any atom is 0.187 e. The molecule has 15 heavy (non-hydrogen) atoms. The van der Waals surface area contributed by atoms with Gasteiger partial charge >= 0.3 is 0 Å². The minimum absolute atomic E-state index is 0.0775. The lowest BCUT2D eigenvalue weighted by Crippen LogP contribution is -1.94. The maximum absolute atomic E-state index is 11.8. The zero-order chi connectivity index (χ0) is 11.3. The van der Waals surface area contributed by atoms with E-state index in [9.17, 15) is 4.79 Å². The minimum atomic E-state index is 0.0775. The highest BCUT2D eigenvalue weighted by atomic mass is 32.2. The average Bonchev–Trinajstić information content (AvgIpc) is 2.26. The molecule has 0 fully saturated rings. The van der Waals surface area contributed by atoms with E-state index >= 15 is 0 Å². The van der Waals surface area contributed by atoms with Gasteiger partial charge in [0.05, 0.1) is 0 Å². The molecule has 0 aliphatic heterocycles. The van der Waals surface area contributed by atoms with Crippen LogP contribution in [0.25, 0.3) is 0 Å². The standard InChI is InChI=1S/C12H14OS2/c1-9-4-6-10(7-5-9)11(13)8-12(14-2)15-3/h4-8H,1-3H3. The lowest BCUT2D eigenvalue weighted by Gasteiger charge is -2.00. The molecule has 0 radical (unpaired) electrons. The monoisotopic (exact) mass is 238 g/mol. The van der Waals surface area contributed by atoms with Crippen LogP contribution in [-0.2, 0) is 0 Å². The van der Waals surface area contributed by atoms with Crippen molar-refractivity contribution >= 4 is 29.3 Å². The van der Waals surface area contributed by atoms with Crippen LogP contribution in [0.3, 0.4) is 0 Å². The van der Waals surface area contributed by atoms with Gasteiger partial charge in [-0.3, -0.25) is 4.79 Å². The van der Waals surface area contributed by atoms with E-state index in [0.717, 1.165) is 9.80 Å². The molecule has 0 aliphatic carbocycles. The first-order valence-corrected chi connectivity index (χ1v) is 7.03. The second-order valence-electron chi connectivity index (χ2n) is 3.10. The number of carbonyl (C=O) groups is 1. The van der Waals surface area contributed by atoms with Crippen molar-refractivity contribution in [2.75, 3.05) is 12.5 Å². The van der Waals surface area contributed by atoms with E-state index in [1.54, 1.807) is 29.6 Å². The number of thioether (sulfide) groups is 2. The van der Waals surface area contributed by atoms with E-state index < -0.39 is 0 Å². The Kier molecular flexibility index (Phi) is 4.99. The summed E-state index contributed by atoms with van der Waals surface area (Å²) in [6.45, 7) is 2.01. The van der Waals surface area contributed by atoms with Crippen LogP contribution in [0.1, 0.15) is 15.9 Å². The minimum Gasteiger partial charge on any atom is -0.289 e. The second-order valence-corrected chi connectivity index (χ2v) is 5.06. The quantitative estimate of drug-likeness (QED) is 0.587. The summed E-state index contributed by atoms with van der Waals surface area (Å²) in [7, 11) is 0. The Hall–Kier alpha value is -0.670. The molecule has 0 saturated heterocycles. The van der Waals surface area contributed by atoms with E-state index in [2.05, 4.69) is 0 Å². The number of benzene rings is 1. The summed E-state index contributed by atoms with van der Waals surface area (Å²) in [6, 6.07) is 7.65. The van der Waals surface area contributed by atoms with Crippen molar-refractivity contribution in [1.29, 1.82) is 0 Å². The number of aryl methyl sites for hydroxylation is 1. The van der Waals surface area contributed by atoms with Crippen molar-refractivity contribution in [1.82, 2.24) is 0 Å². The van der Waals surface area contributed by atoms with Gasteiger partial charge in [-0.25, -0.2) is 0 Å². The Labute approximate surface area is 99.3 Å². The summed E-state index contributed by atoms with van der Waals surface area (Å²) in [5.41, 5.74) is 1.92. The van der Waals surface area contributed by atoms with E-state index in [0.29, 0.717) is 0 Å². The Morgan fingerprint density at radius 1 is 1.13 bits per heavy atom. The van der Waals surface area contributed by atoms with E-state index in [1.807, 2.05) is 43.7 Å². The summed E-state index contributed by atoms with van der Waals surface area (Å²) in [4.78, 5) is 11.8. The molecule has 0 heterocycles. The summed E-state index contributed by atoms with van der Waals surface area (Å²) < 4.78 is 1.04. The number of hydrogen-bond donors (Lipinski definition) is 0. The van der Waals surface area contributed by atoms with Crippen molar-refractivity contribution in [3.05, 3.63) is 45.7 Å². The van der Waals surface area contributed by atoms with Gasteiger partial charge in [-0.2, -0.15) is 0 Å². The molecule has 80 valence electrons. The van der Waals surface area contributed by atoms with Gasteiger partial charge in [-0.05, 0) is 19.4 Å². The predicted octanol–water partition coefficient (Wildman–Crippen LogP) is 3.75. The lowest BCUT2D eigenvalue weighted by atomic mass is 10.1. The van der Waals surface area contributed by atoms with Crippen molar-refractivity contribution < 1.29 is 4.79 Å². The number of rotatable bonds is 4. The number of carbonyl (C=O) groups excluding carboxylic acids is 1. The largest absolute Gasteiger partial charge is 0.289 e. The van der Waals surface area contributed by atoms with Crippen molar-refractivity contribution in [3.8, 4) is 0 Å². The molecule has 0 saturated carbocycles. The first-order chi connectivity index (χ1) is 7.17. The molecule has 1 nitrogen and oxygen atoms in total. The Morgan fingerprint density at radius 2 is 1.67 bits per heavy atom. The molecular formula is C12H14OS2. The molecule has 0 spiro atoms. The predicted molar refractivity (Wildman–Crippen MR) is 70.6 cm³/mol. The van der Waals surface area contributed by atoms with Crippen LogP contribution >= 0.6 is 23.5 Å². The van der Waals surface area contributed by atoms with E-state index in [4.69, 9.17) is 0 Å². The van der Waals surface area contributed by atoms with Crippen molar-refractivity contribution in [2.24, 2.45) is 0 Å². The zero-order valence-corrected chi connectivity index (χ0v) is 10.7. The van der Waals surface area contributed by atoms with Crippen LogP contribution in [0.4, 0.5) is 0 Å². The number of allylic oxidation sites excluding steroid dienone is 1. The highest BCUT2D eigenvalue weighted by molar-refractivity contribution is 8.21. The SMILES string of the molecule is CSC(=CC(=O)c1ccc(C)cc1)SC. The summed E-state index contributed by atoms with van der Waals surface area (Å²) in [5.74, 6) is 0.0775. The van der Waals surface area contributed by atoms with Crippen LogP contribution in [0.2, 0.25) is 0 Å². The molecule has 1 rings (SSSR count). The molecule has 0 amide bonds. The number of hydrogen-bond acceptors (Lipinski definition) is 3. The lowest BCUT2D eigenvalue weighted by molar-refractivity contribution is 0.104.